The number of nitrogens with zero attached hydrogens (tertiary/aromatic N) is 4. The van der Waals surface area contributed by atoms with Crippen LogP contribution in [0.3, 0.4) is 0 Å². The molecule has 1 aliphatic heterocycles. The Balaban J connectivity index is 1.29. The molecule has 0 bridgehead atoms. The summed E-state index contributed by atoms with van der Waals surface area (Å²) in [5, 5.41) is 18.2. The second-order valence-corrected chi connectivity index (χ2v) is 8.37. The summed E-state index contributed by atoms with van der Waals surface area (Å²) in [6, 6.07) is 0.367. The lowest BCUT2D eigenvalue weighted by molar-refractivity contribution is -0.132. The first-order chi connectivity index (χ1) is 12.1. The lowest BCUT2D eigenvalue weighted by Gasteiger charge is -2.45. The van der Waals surface area contributed by atoms with Crippen LogP contribution in [0.2, 0.25) is 0 Å². The van der Waals surface area contributed by atoms with Gasteiger partial charge in [0, 0.05) is 25.0 Å². The normalized spacial score (nSPS) is 34.1. The van der Waals surface area contributed by atoms with Gasteiger partial charge < -0.3 is 10.6 Å². The van der Waals surface area contributed by atoms with E-state index in [-0.39, 0.29) is 29.8 Å². The predicted octanol–water partition coefficient (Wildman–Crippen LogP) is 0.502. The Morgan fingerprint density at radius 1 is 1.32 bits per heavy atom. The van der Waals surface area contributed by atoms with Gasteiger partial charge >= 0.3 is 0 Å². The minimum atomic E-state index is -0.00247. The van der Waals surface area contributed by atoms with E-state index in [4.69, 9.17) is 0 Å². The quantitative estimate of drug-likeness (QED) is 0.755. The largest absolute Gasteiger partial charge is 0.353 e. The fraction of sp³-hybridized carbons (Fsp3) is 0.812. The van der Waals surface area contributed by atoms with Crippen LogP contribution in [0, 0.1) is 17.8 Å². The first kappa shape index (κ1) is 16.8. The summed E-state index contributed by atoms with van der Waals surface area (Å²) in [4.78, 5) is 24.5. The molecule has 3 fully saturated rings. The number of amides is 2. The molecule has 8 nitrogen and oxygen atoms in total. The summed E-state index contributed by atoms with van der Waals surface area (Å²) in [5.74, 6) is 1.93. The van der Waals surface area contributed by atoms with Crippen LogP contribution < -0.4 is 10.6 Å². The van der Waals surface area contributed by atoms with Gasteiger partial charge in [-0.2, -0.15) is 0 Å². The van der Waals surface area contributed by atoms with E-state index in [9.17, 15) is 9.59 Å². The van der Waals surface area contributed by atoms with Gasteiger partial charge in [0.25, 0.3) is 0 Å². The van der Waals surface area contributed by atoms with Crippen LogP contribution in [0.4, 0.5) is 0 Å². The highest BCUT2D eigenvalue weighted by Crippen LogP contribution is 2.46. The molecular weight excluding hydrogens is 340 g/mol. The Bertz CT molecular complexity index is 665. The molecule has 136 valence electrons. The molecule has 25 heavy (non-hydrogen) atoms. The molecule has 2 amide bonds. The average Bonchev–Trinajstić information content (AvgIpc) is 3.22. The van der Waals surface area contributed by atoms with Crippen molar-refractivity contribution >= 4 is 23.6 Å². The Labute approximate surface area is 150 Å². The molecule has 1 saturated heterocycles. The van der Waals surface area contributed by atoms with Crippen LogP contribution in [0.5, 0.6) is 0 Å². The van der Waals surface area contributed by atoms with E-state index in [2.05, 4.69) is 26.2 Å². The van der Waals surface area contributed by atoms with Crippen molar-refractivity contribution in [3.8, 4) is 0 Å². The third kappa shape index (κ3) is 3.38. The van der Waals surface area contributed by atoms with Gasteiger partial charge in [-0.05, 0) is 54.4 Å². The molecule has 3 aliphatic rings. The summed E-state index contributed by atoms with van der Waals surface area (Å²) in [7, 11) is 1.75. The minimum Gasteiger partial charge on any atom is -0.353 e. The first-order valence-electron chi connectivity index (χ1n) is 9.06. The van der Waals surface area contributed by atoms with Crippen molar-refractivity contribution in [2.75, 3.05) is 5.75 Å². The average molecular weight is 364 g/mol. The molecule has 4 rings (SSSR count). The fourth-order valence-electron chi connectivity index (χ4n) is 4.86. The molecule has 2 N–H and O–H groups in total. The molecule has 1 aromatic rings. The lowest BCUT2D eigenvalue weighted by Crippen LogP contribution is -2.57. The third-order valence-electron chi connectivity index (χ3n) is 5.97. The molecule has 0 spiro atoms. The van der Waals surface area contributed by atoms with Gasteiger partial charge in [-0.3, -0.25) is 9.59 Å². The number of nitrogens with one attached hydrogen (secondary N) is 2. The van der Waals surface area contributed by atoms with Crippen molar-refractivity contribution in [1.82, 2.24) is 30.8 Å². The van der Waals surface area contributed by atoms with Gasteiger partial charge in [-0.15, -0.1) is 5.10 Å². The number of hydrogen-bond acceptors (Lipinski definition) is 6. The summed E-state index contributed by atoms with van der Waals surface area (Å²) < 4.78 is 1.55. The van der Waals surface area contributed by atoms with E-state index in [1.165, 1.54) is 24.6 Å². The van der Waals surface area contributed by atoms with Gasteiger partial charge in [0.2, 0.25) is 17.0 Å². The number of thioether (sulfide) groups is 1. The van der Waals surface area contributed by atoms with Crippen LogP contribution in [0.1, 0.15) is 38.5 Å². The van der Waals surface area contributed by atoms with Crippen LogP contribution in [-0.4, -0.2) is 49.9 Å². The maximum absolute atomic E-state index is 12.3. The van der Waals surface area contributed by atoms with Crippen molar-refractivity contribution < 1.29 is 9.59 Å². The zero-order valence-electron chi connectivity index (χ0n) is 14.4. The zero-order chi connectivity index (χ0) is 17.4. The molecular formula is C16H24N6O2S. The summed E-state index contributed by atoms with van der Waals surface area (Å²) in [5.41, 5.74) is 0. The van der Waals surface area contributed by atoms with Gasteiger partial charge in [0.15, 0.2) is 0 Å². The molecule has 0 aromatic carbocycles. The van der Waals surface area contributed by atoms with Gasteiger partial charge in [-0.1, -0.05) is 18.2 Å². The number of aromatic nitrogens is 4. The number of carbonyl (C=O) groups excluding carboxylic acids is 2. The molecule has 5 unspecified atom stereocenters. The van der Waals surface area contributed by atoms with Crippen molar-refractivity contribution in [1.29, 1.82) is 0 Å². The highest BCUT2D eigenvalue weighted by Gasteiger charge is 2.48. The minimum absolute atomic E-state index is 0.00247. The number of aryl methyl sites for hydroxylation is 1. The summed E-state index contributed by atoms with van der Waals surface area (Å²) >= 11 is 1.33. The second-order valence-electron chi connectivity index (χ2n) is 7.43. The molecule has 9 heteroatoms. The summed E-state index contributed by atoms with van der Waals surface area (Å²) in [6.07, 6.45) is 6.37. The van der Waals surface area contributed by atoms with Crippen molar-refractivity contribution in [3.63, 3.8) is 0 Å². The number of fused-ring (bicyclic) bond motifs is 3. The number of piperidine rings is 1. The zero-order valence-corrected chi connectivity index (χ0v) is 15.2. The smallest absolute Gasteiger partial charge is 0.230 e. The summed E-state index contributed by atoms with van der Waals surface area (Å²) in [6.45, 7) is 0. The van der Waals surface area contributed by atoms with E-state index < -0.39 is 0 Å². The number of rotatable bonds is 4. The lowest BCUT2D eigenvalue weighted by atomic mass is 9.68. The molecule has 2 aliphatic carbocycles. The molecule has 2 saturated carbocycles. The van der Waals surface area contributed by atoms with Crippen LogP contribution in [-0.2, 0) is 16.6 Å². The van der Waals surface area contributed by atoms with E-state index in [1.54, 1.807) is 11.7 Å². The Hall–Kier alpha value is -1.64. The maximum atomic E-state index is 12.3. The fourth-order valence-corrected chi connectivity index (χ4v) is 5.52. The van der Waals surface area contributed by atoms with E-state index in [1.807, 2.05) is 0 Å². The Morgan fingerprint density at radius 2 is 2.20 bits per heavy atom. The molecule has 5 atom stereocenters. The highest BCUT2D eigenvalue weighted by molar-refractivity contribution is 7.99. The number of tetrazole rings is 1. The van der Waals surface area contributed by atoms with Gasteiger partial charge in [0.05, 0.1) is 5.75 Å². The van der Waals surface area contributed by atoms with Crippen LogP contribution in [0.25, 0.3) is 0 Å². The van der Waals surface area contributed by atoms with E-state index >= 15 is 0 Å². The second kappa shape index (κ2) is 6.93. The van der Waals surface area contributed by atoms with Crippen LogP contribution >= 0.6 is 11.8 Å². The Morgan fingerprint density at radius 3 is 3.00 bits per heavy atom. The molecule has 0 radical (unpaired) electrons. The highest BCUT2D eigenvalue weighted by atomic mass is 32.2. The van der Waals surface area contributed by atoms with Gasteiger partial charge in [0.1, 0.15) is 0 Å². The topological polar surface area (TPSA) is 102 Å². The van der Waals surface area contributed by atoms with Crippen molar-refractivity contribution in [2.24, 2.45) is 24.8 Å². The van der Waals surface area contributed by atoms with Gasteiger partial charge in [-0.25, -0.2) is 4.68 Å². The molecule has 2 heterocycles. The molecule has 1 aromatic heterocycles. The van der Waals surface area contributed by atoms with Crippen LogP contribution in [0.15, 0.2) is 5.16 Å². The monoisotopic (exact) mass is 364 g/mol. The number of hydrogen-bond donors (Lipinski definition) is 2. The first-order valence-corrected chi connectivity index (χ1v) is 10.1. The SMILES string of the molecule is Cn1nnnc1SCC(=O)NC1CCC2C(C1)NC(=O)C1CCCC12. The third-order valence-corrected chi connectivity index (χ3v) is 6.98. The predicted molar refractivity (Wildman–Crippen MR) is 91.6 cm³/mol. The van der Waals surface area contributed by atoms with E-state index in [0.717, 1.165) is 25.7 Å². The Kier molecular flexibility index (Phi) is 4.66. The van der Waals surface area contributed by atoms with E-state index in [0.29, 0.717) is 22.7 Å². The van der Waals surface area contributed by atoms with Crippen molar-refractivity contribution in [3.05, 3.63) is 0 Å². The maximum Gasteiger partial charge on any atom is 0.230 e. The standard InChI is InChI=1S/C16H24N6O2S/c1-22-16(19-20-21-22)25-8-14(23)17-9-5-6-11-10-3-2-4-12(10)15(24)18-13(11)7-9/h9-13H,2-8H2,1H3,(H,17,23)(H,18,24). The van der Waals surface area contributed by atoms with Crippen molar-refractivity contribution in [2.45, 2.75) is 55.8 Å². The number of carbonyl (C=O) groups is 2.